The van der Waals surface area contributed by atoms with Gasteiger partial charge in [-0.2, -0.15) is 0 Å². The third-order valence-electron chi connectivity index (χ3n) is 9.00. The molecule has 15 heteroatoms. The van der Waals surface area contributed by atoms with Gasteiger partial charge < -0.3 is 31.7 Å². The van der Waals surface area contributed by atoms with Gasteiger partial charge in [-0.25, -0.2) is 22.9 Å². The zero-order valence-electron chi connectivity index (χ0n) is 27.8. The van der Waals surface area contributed by atoms with Crippen LogP contribution in [0.5, 0.6) is 5.75 Å². The van der Waals surface area contributed by atoms with Gasteiger partial charge in [0.25, 0.3) is 0 Å². The van der Waals surface area contributed by atoms with E-state index >= 15 is 0 Å². The number of rotatable bonds is 13. The minimum Gasteiger partial charge on any atom is -0.487 e. The summed E-state index contributed by atoms with van der Waals surface area (Å²) >= 11 is 13.2. The summed E-state index contributed by atoms with van der Waals surface area (Å²) in [6.07, 6.45) is 2.66. The Bertz CT molecular complexity index is 1850. The topological polar surface area (TPSA) is 177 Å². The smallest absolute Gasteiger partial charge is 0.242 e. The molecule has 3 unspecified atom stereocenters. The summed E-state index contributed by atoms with van der Waals surface area (Å²) in [5, 5.41) is 7.91. The van der Waals surface area contributed by atoms with Gasteiger partial charge in [0.2, 0.25) is 10.0 Å². The summed E-state index contributed by atoms with van der Waals surface area (Å²) in [5.41, 5.74) is 15.2. The molecule has 0 spiro atoms. The van der Waals surface area contributed by atoms with Gasteiger partial charge >= 0.3 is 0 Å². The van der Waals surface area contributed by atoms with Gasteiger partial charge in [-0.1, -0.05) is 35.3 Å². The first-order valence-corrected chi connectivity index (χ1v) is 18.7. The van der Waals surface area contributed by atoms with Crippen molar-refractivity contribution in [1.29, 1.82) is 0 Å². The number of pyridine rings is 1. The second-order valence-corrected chi connectivity index (χ2v) is 14.9. The van der Waals surface area contributed by atoms with Crippen LogP contribution in [0, 0.1) is 19.8 Å². The number of nitrogens with one attached hydrogen (secondary N) is 3. The largest absolute Gasteiger partial charge is 0.487 e. The Labute approximate surface area is 297 Å². The van der Waals surface area contributed by atoms with E-state index in [1.807, 2.05) is 38.1 Å². The number of para-hydroxylation sites is 1. The van der Waals surface area contributed by atoms with Crippen molar-refractivity contribution in [1.82, 2.24) is 25.2 Å². The van der Waals surface area contributed by atoms with Gasteiger partial charge in [0.15, 0.2) is 5.96 Å². The van der Waals surface area contributed by atoms with Crippen LogP contribution in [0.2, 0.25) is 10.0 Å². The second-order valence-electron chi connectivity index (χ2n) is 12.5. The highest BCUT2D eigenvalue weighted by molar-refractivity contribution is 7.89. The van der Waals surface area contributed by atoms with E-state index in [1.54, 1.807) is 4.90 Å². The Morgan fingerprint density at radius 1 is 1.20 bits per heavy atom. The molecular formula is C34H44Cl2N8O4S. The zero-order chi connectivity index (χ0) is 35.1. The number of ether oxygens (including phenoxy) is 1. The third kappa shape index (κ3) is 8.73. The highest BCUT2D eigenvalue weighted by Crippen LogP contribution is 2.36. The fraction of sp³-hybridized carbons (Fsp3) is 0.471. The average molecular weight is 732 g/mol. The van der Waals surface area contributed by atoms with Gasteiger partial charge in [0.05, 0.1) is 17.6 Å². The van der Waals surface area contributed by atoms with E-state index in [9.17, 15) is 13.2 Å². The lowest BCUT2D eigenvalue weighted by Crippen LogP contribution is -2.55. The SMILES string of the molecule is Cc1cc(C)c2cccc(OCc3c(Cl)ccc(S(=O)(=O)NC4CCC(C5NCCN(C(N)=NCCNCCCN)C5=C=O)C4)c3Cl)c2n1. The van der Waals surface area contributed by atoms with E-state index in [1.165, 1.54) is 12.1 Å². The molecule has 1 aliphatic carbocycles. The number of nitrogens with two attached hydrogens (primary N) is 2. The van der Waals surface area contributed by atoms with Gasteiger partial charge in [0.1, 0.15) is 34.4 Å². The van der Waals surface area contributed by atoms with Crippen LogP contribution in [-0.4, -0.2) is 81.6 Å². The van der Waals surface area contributed by atoms with Crippen molar-refractivity contribution < 1.29 is 17.9 Å². The number of halogens is 2. The minimum atomic E-state index is -4.03. The van der Waals surface area contributed by atoms with E-state index in [-0.39, 0.29) is 45.5 Å². The summed E-state index contributed by atoms with van der Waals surface area (Å²) in [7, 11) is -4.03. The van der Waals surface area contributed by atoms with Crippen LogP contribution >= 0.6 is 23.2 Å². The number of hydrogen-bond donors (Lipinski definition) is 5. The number of piperazine rings is 1. The van der Waals surface area contributed by atoms with Crippen molar-refractivity contribution in [3.63, 3.8) is 0 Å². The standard InChI is InChI=1S/C34H44Cl2N8O4S/c1-21-17-22(2)42-33-25(21)5-3-6-29(33)48-20-26-27(35)9-10-30(31(26)36)49(46,47)43-24-8-7-23(18-24)32-28(19-45)44(16-15-40-32)34(38)41-14-13-39-12-4-11-37/h3,5-6,9-10,17,23-24,32,39-40,43H,4,7-8,11-16,18,20,37H2,1-2H3,(H2,38,41). The molecule has 2 aromatic carbocycles. The van der Waals surface area contributed by atoms with Gasteiger partial charge in [-0.15, -0.1) is 0 Å². The van der Waals surface area contributed by atoms with Crippen molar-refractivity contribution in [2.75, 3.05) is 39.3 Å². The number of carbonyl (C=O) groups excluding carboxylic acids is 1. The Balaban J connectivity index is 1.24. The zero-order valence-corrected chi connectivity index (χ0v) is 30.1. The molecule has 0 radical (unpaired) electrons. The van der Waals surface area contributed by atoms with Crippen LogP contribution in [0.3, 0.4) is 0 Å². The van der Waals surface area contributed by atoms with Crippen LogP contribution in [0.4, 0.5) is 0 Å². The highest BCUT2D eigenvalue weighted by atomic mass is 35.5. The van der Waals surface area contributed by atoms with E-state index in [2.05, 4.69) is 31.3 Å². The number of aliphatic imine (C=N–C) groups is 1. The van der Waals surface area contributed by atoms with Crippen molar-refractivity contribution >= 4 is 56.0 Å². The molecule has 1 aliphatic heterocycles. The fourth-order valence-corrected chi connectivity index (χ4v) is 8.77. The van der Waals surface area contributed by atoms with Crippen LogP contribution in [-0.2, 0) is 21.4 Å². The summed E-state index contributed by atoms with van der Waals surface area (Å²) in [4.78, 5) is 22.9. The van der Waals surface area contributed by atoms with E-state index in [0.29, 0.717) is 74.5 Å². The summed E-state index contributed by atoms with van der Waals surface area (Å²) < 4.78 is 36.4. The molecule has 12 nitrogen and oxygen atoms in total. The van der Waals surface area contributed by atoms with Gasteiger partial charge in [0, 0.05) is 47.3 Å². The molecule has 264 valence electrons. The van der Waals surface area contributed by atoms with Crippen LogP contribution < -0.4 is 31.6 Å². The molecule has 5 rings (SSSR count). The number of guanidine groups is 1. The molecule has 1 saturated carbocycles. The maximum atomic E-state index is 13.7. The Morgan fingerprint density at radius 3 is 2.80 bits per heavy atom. The van der Waals surface area contributed by atoms with Gasteiger partial charge in [-0.3, -0.25) is 4.99 Å². The molecule has 49 heavy (non-hydrogen) atoms. The van der Waals surface area contributed by atoms with Crippen molar-refractivity contribution in [2.45, 2.75) is 63.1 Å². The molecule has 1 saturated heterocycles. The summed E-state index contributed by atoms with van der Waals surface area (Å²) in [6, 6.07) is 9.88. The first-order chi connectivity index (χ1) is 23.5. The molecule has 2 heterocycles. The number of sulfonamides is 1. The van der Waals surface area contributed by atoms with Crippen LogP contribution in [0.15, 0.2) is 52.0 Å². The molecule has 2 aliphatic rings. The number of fused-ring (bicyclic) bond motifs is 1. The number of nitrogens with zero attached hydrogens (tertiary/aromatic N) is 3. The normalized spacial score (nSPS) is 20.2. The number of benzene rings is 2. The Hall–Kier alpha value is -3.26. The van der Waals surface area contributed by atoms with Crippen LogP contribution in [0.1, 0.15) is 42.5 Å². The molecule has 2 fully saturated rings. The molecular weight excluding hydrogens is 687 g/mol. The highest BCUT2D eigenvalue weighted by Gasteiger charge is 2.39. The number of aryl methyl sites for hydroxylation is 2. The lowest BCUT2D eigenvalue weighted by Gasteiger charge is -2.37. The first kappa shape index (κ1) is 37.0. The molecule has 1 aromatic heterocycles. The predicted molar refractivity (Wildman–Crippen MR) is 194 cm³/mol. The lowest BCUT2D eigenvalue weighted by molar-refractivity contribution is 0.290. The van der Waals surface area contributed by atoms with E-state index in [0.717, 1.165) is 29.6 Å². The van der Waals surface area contributed by atoms with Crippen LogP contribution in [0.25, 0.3) is 10.9 Å². The van der Waals surface area contributed by atoms with E-state index < -0.39 is 10.0 Å². The quantitative estimate of drug-likeness (QED) is 0.0758. The maximum Gasteiger partial charge on any atom is 0.242 e. The van der Waals surface area contributed by atoms with Gasteiger partial charge in [-0.05, 0) is 88.4 Å². The molecule has 7 N–H and O–H groups in total. The second kappa shape index (κ2) is 16.6. The number of hydrogen-bond acceptors (Lipinski definition) is 9. The minimum absolute atomic E-state index is 0.00444. The summed E-state index contributed by atoms with van der Waals surface area (Å²) in [5.74, 6) is 2.87. The lowest BCUT2D eigenvalue weighted by atomic mass is 9.93. The van der Waals surface area contributed by atoms with E-state index in [4.69, 9.17) is 39.4 Å². The first-order valence-electron chi connectivity index (χ1n) is 16.5. The summed E-state index contributed by atoms with van der Waals surface area (Å²) in [6.45, 7) is 7.48. The third-order valence-corrected chi connectivity index (χ3v) is 11.5. The predicted octanol–water partition coefficient (Wildman–Crippen LogP) is 3.43. The molecule has 0 amide bonds. The average Bonchev–Trinajstić information content (AvgIpc) is 3.53. The monoisotopic (exact) mass is 730 g/mol. The molecule has 3 aromatic rings. The Kier molecular flexibility index (Phi) is 12.6. The van der Waals surface area contributed by atoms with Crippen molar-refractivity contribution in [2.24, 2.45) is 22.4 Å². The molecule has 0 bridgehead atoms. The maximum absolute atomic E-state index is 13.7. The van der Waals surface area contributed by atoms with Crippen molar-refractivity contribution in [3.05, 3.63) is 69.0 Å². The molecule has 3 atom stereocenters. The fourth-order valence-electron chi connectivity index (χ4n) is 6.60. The Morgan fingerprint density at radius 2 is 2.02 bits per heavy atom. The number of aromatic nitrogens is 1. The van der Waals surface area contributed by atoms with Crippen molar-refractivity contribution in [3.8, 4) is 5.75 Å².